The molecule has 10 heterocycles. The smallest absolute Gasteiger partial charge is 0.255 e. The van der Waals surface area contributed by atoms with E-state index in [1.54, 1.807) is 18.2 Å². The van der Waals surface area contributed by atoms with Gasteiger partial charge in [-0.25, -0.2) is 19.9 Å². The van der Waals surface area contributed by atoms with Gasteiger partial charge in [0.05, 0.1) is 45.6 Å². The van der Waals surface area contributed by atoms with E-state index in [0.717, 1.165) is 162 Å². The number of anilines is 2. The molecule has 516 valence electrons. The standard InChI is InChI=1S/C97H66N10O2/c1-59-56-66(96(108)106-70-38-22-20-36-68(70)94-84-52-48-80(102-84)90(62-28-12-4-13-29-62)76-44-40-72(98-76)88(60-24-8-2-9-25-60)73-41-45-77(99-73)91(63-30-14-5-15-31-63)81-49-53-85(94)103-81)58-67(57-59)97(109)107-71-39-23-21-37-69(71)95-86-54-50-82(104-86)92(64-32-16-6-17-33-64)78-46-42-74(100-78)89(61-26-10-3-11-27-61)75-43-47-79(101-75)93(65-34-18-7-19-35-65)83-51-55-87(95)105-83/h2-58,98,100,103,105H,1H3,(H,106,108)(H,107,109). The van der Waals surface area contributed by atoms with Crippen LogP contribution in [0.15, 0.2) is 297 Å². The fraction of sp³-hybridized carbons (Fsp3) is 0.0103. The molecule has 12 nitrogen and oxygen atoms in total. The average molecular weight is 1400 g/mol. The van der Waals surface area contributed by atoms with Crippen LogP contribution in [-0.4, -0.2) is 51.7 Å². The highest BCUT2D eigenvalue weighted by atomic mass is 16.2. The number of rotatable bonds is 12. The number of aromatic amines is 4. The molecule has 4 aliphatic rings. The highest BCUT2D eigenvalue weighted by molar-refractivity contribution is 6.13. The highest BCUT2D eigenvalue weighted by Gasteiger charge is 2.25. The molecule has 0 unspecified atom stereocenters. The minimum absolute atomic E-state index is 0.293. The van der Waals surface area contributed by atoms with E-state index in [1.807, 2.05) is 153 Å². The highest BCUT2D eigenvalue weighted by Crippen LogP contribution is 2.44. The molecular weight excluding hydrogens is 1340 g/mol. The van der Waals surface area contributed by atoms with Crippen molar-refractivity contribution in [3.8, 4) is 89.0 Å². The predicted octanol–water partition coefficient (Wildman–Crippen LogP) is 23.8. The summed E-state index contributed by atoms with van der Waals surface area (Å²) in [5, 5.41) is 6.65. The fourth-order valence-electron chi connectivity index (χ4n) is 15.5. The Balaban J connectivity index is 0.726. The number of para-hydroxylation sites is 2. The van der Waals surface area contributed by atoms with Crippen LogP contribution in [0.4, 0.5) is 11.4 Å². The van der Waals surface area contributed by atoms with Crippen molar-refractivity contribution in [1.82, 2.24) is 39.9 Å². The number of carbonyl (C=O) groups is 2. The van der Waals surface area contributed by atoms with Crippen molar-refractivity contribution in [2.45, 2.75) is 6.92 Å². The van der Waals surface area contributed by atoms with Crippen molar-refractivity contribution in [2.24, 2.45) is 0 Å². The third-order valence-electron chi connectivity index (χ3n) is 20.4. The van der Waals surface area contributed by atoms with E-state index in [-0.39, 0.29) is 0 Å². The quantitative estimate of drug-likeness (QED) is 0.0710. The first kappa shape index (κ1) is 64.9. The van der Waals surface area contributed by atoms with E-state index in [9.17, 15) is 0 Å². The van der Waals surface area contributed by atoms with Crippen molar-refractivity contribution in [2.75, 3.05) is 10.6 Å². The molecule has 0 atom stereocenters. The summed E-state index contributed by atoms with van der Waals surface area (Å²) >= 11 is 0. The van der Waals surface area contributed by atoms with Gasteiger partial charge in [0.15, 0.2) is 0 Å². The molecule has 0 aliphatic carbocycles. The summed E-state index contributed by atoms with van der Waals surface area (Å²) in [5.41, 5.74) is 29.8. The Bertz CT molecular complexity index is 6210. The molecule has 9 aromatic carbocycles. The lowest BCUT2D eigenvalue weighted by atomic mass is 10.00. The third-order valence-corrected chi connectivity index (χ3v) is 20.4. The zero-order valence-corrected chi connectivity index (χ0v) is 59.0. The van der Waals surface area contributed by atoms with Crippen molar-refractivity contribution in [1.29, 1.82) is 0 Å². The minimum atomic E-state index is -0.409. The summed E-state index contributed by atoms with van der Waals surface area (Å²) in [6.07, 6.45) is 16.6. The average Bonchev–Trinajstić information content (AvgIpc) is 1.61. The van der Waals surface area contributed by atoms with Gasteiger partial charge in [-0.05, 0) is 173 Å². The van der Waals surface area contributed by atoms with Gasteiger partial charge < -0.3 is 30.6 Å². The molecule has 0 saturated heterocycles. The van der Waals surface area contributed by atoms with Crippen molar-refractivity contribution < 1.29 is 9.59 Å². The maximum atomic E-state index is 15.3. The molecule has 12 heteroatoms. The van der Waals surface area contributed by atoms with Gasteiger partial charge in [-0.3, -0.25) is 9.59 Å². The number of fused-ring (bicyclic) bond motifs is 16. The number of benzene rings is 9. The number of hydrogen-bond acceptors (Lipinski definition) is 6. The van der Waals surface area contributed by atoms with Crippen LogP contribution in [-0.2, 0) is 0 Å². The Morgan fingerprint density at radius 1 is 0.239 bits per heavy atom. The zero-order chi connectivity index (χ0) is 72.9. The van der Waals surface area contributed by atoms with Crippen molar-refractivity contribution >= 4 is 116 Å². The van der Waals surface area contributed by atoms with E-state index in [0.29, 0.717) is 45.0 Å². The van der Waals surface area contributed by atoms with Gasteiger partial charge >= 0.3 is 0 Å². The SMILES string of the molecule is Cc1cc(C(=O)Nc2ccccc2-c2c3nc(c(-c4ccccc4)c4ccc([nH]4)c(-c4ccccc4)c4nc(c(-c5ccccc5)c5ccc2[nH]5)C=C4)C=C3)cc(C(=O)Nc2ccccc2-c2c3nc(c(-c4ccccc4)c4ccc([nH]4)c(-c4ccccc4)c4nc(c(-c5ccccc5)c5ccc2[nH]5)C=C4)C=C3)c1. The molecule has 16 bridgehead atoms. The molecule has 15 aromatic rings. The molecule has 0 fully saturated rings. The first-order chi connectivity index (χ1) is 53.7. The molecule has 0 radical (unpaired) electrons. The van der Waals surface area contributed by atoms with Gasteiger partial charge in [-0.1, -0.05) is 218 Å². The number of aryl methyl sites for hydroxylation is 1. The van der Waals surface area contributed by atoms with E-state index in [1.165, 1.54) is 0 Å². The topological polar surface area (TPSA) is 173 Å². The number of nitrogens with one attached hydrogen (secondary N) is 6. The summed E-state index contributed by atoms with van der Waals surface area (Å²) in [6.45, 7) is 1.89. The molecule has 0 saturated carbocycles. The molecule has 19 rings (SSSR count). The fourth-order valence-corrected chi connectivity index (χ4v) is 15.5. The number of aromatic nitrogens is 8. The normalized spacial score (nSPS) is 12.0. The van der Waals surface area contributed by atoms with Crippen LogP contribution in [0.3, 0.4) is 0 Å². The Morgan fingerprint density at radius 3 is 0.679 bits per heavy atom. The lowest BCUT2D eigenvalue weighted by Gasteiger charge is -2.15. The summed E-state index contributed by atoms with van der Waals surface area (Å²) < 4.78 is 0. The maximum Gasteiger partial charge on any atom is 0.255 e. The van der Waals surface area contributed by atoms with Crippen LogP contribution in [0.5, 0.6) is 0 Å². The monoisotopic (exact) mass is 1400 g/mol. The summed E-state index contributed by atoms with van der Waals surface area (Å²) in [4.78, 5) is 68.1. The Morgan fingerprint density at radius 2 is 0.440 bits per heavy atom. The van der Waals surface area contributed by atoms with Gasteiger partial charge in [-0.15, -0.1) is 0 Å². The number of amides is 2. The summed E-state index contributed by atoms with van der Waals surface area (Å²) in [7, 11) is 0. The summed E-state index contributed by atoms with van der Waals surface area (Å²) in [5.74, 6) is -0.818. The predicted molar refractivity (Wildman–Crippen MR) is 448 cm³/mol. The number of hydrogen-bond donors (Lipinski definition) is 6. The second kappa shape index (κ2) is 27.6. The van der Waals surface area contributed by atoms with E-state index < -0.39 is 11.8 Å². The van der Waals surface area contributed by atoms with Gasteiger partial charge in [0.25, 0.3) is 11.8 Å². The van der Waals surface area contributed by atoms with Gasteiger partial charge in [-0.2, -0.15) is 0 Å². The number of carbonyl (C=O) groups excluding carboxylic acids is 2. The second-order valence-corrected chi connectivity index (χ2v) is 27.3. The van der Waals surface area contributed by atoms with Crippen molar-refractivity contribution in [3.63, 3.8) is 0 Å². The van der Waals surface area contributed by atoms with Crippen LogP contribution in [0, 0.1) is 6.92 Å². The first-order valence-corrected chi connectivity index (χ1v) is 36.3. The van der Waals surface area contributed by atoms with Crippen LogP contribution < -0.4 is 10.6 Å². The summed E-state index contributed by atoms with van der Waals surface area (Å²) in [6, 6.07) is 99.8. The number of H-pyrrole nitrogens is 4. The molecule has 2 amide bonds. The lowest BCUT2D eigenvalue weighted by Crippen LogP contribution is -2.17. The Hall–Kier alpha value is -14.9. The zero-order valence-electron chi connectivity index (χ0n) is 59.0. The number of nitrogens with zero attached hydrogens (tertiary/aromatic N) is 4. The van der Waals surface area contributed by atoms with E-state index in [4.69, 9.17) is 19.9 Å². The van der Waals surface area contributed by atoms with E-state index in [2.05, 4.69) is 213 Å². The van der Waals surface area contributed by atoms with Gasteiger partial charge in [0.2, 0.25) is 0 Å². The Kier molecular flexibility index (Phi) is 16.5. The van der Waals surface area contributed by atoms with Crippen molar-refractivity contribution in [3.05, 3.63) is 359 Å². The maximum absolute atomic E-state index is 15.3. The van der Waals surface area contributed by atoms with Gasteiger partial charge in [0, 0.05) is 122 Å². The second-order valence-electron chi connectivity index (χ2n) is 27.3. The molecule has 109 heavy (non-hydrogen) atoms. The molecule has 4 aliphatic heterocycles. The lowest BCUT2D eigenvalue weighted by molar-refractivity contribution is 0.102. The largest absolute Gasteiger partial charge is 0.354 e. The van der Waals surface area contributed by atoms with Crippen LogP contribution in [0.25, 0.3) is 182 Å². The first-order valence-electron chi connectivity index (χ1n) is 36.3. The van der Waals surface area contributed by atoms with Crippen LogP contribution in [0.2, 0.25) is 0 Å². The van der Waals surface area contributed by atoms with Gasteiger partial charge in [0.1, 0.15) is 0 Å². The van der Waals surface area contributed by atoms with E-state index >= 15 is 9.59 Å². The minimum Gasteiger partial charge on any atom is -0.354 e. The third kappa shape index (κ3) is 12.3. The molecular formula is C97H66N10O2. The van der Waals surface area contributed by atoms with Crippen LogP contribution in [0.1, 0.15) is 71.8 Å². The molecule has 0 spiro atoms. The molecule has 6 aromatic heterocycles. The van der Waals surface area contributed by atoms with Crippen LogP contribution >= 0.6 is 0 Å². The Labute approximate surface area is 627 Å². The molecule has 6 N–H and O–H groups in total.